The van der Waals surface area contributed by atoms with Crippen LogP contribution in [0.3, 0.4) is 0 Å². The lowest BCUT2D eigenvalue weighted by molar-refractivity contribution is 0.277. The molecule has 0 bridgehead atoms. The van der Waals surface area contributed by atoms with Crippen molar-refractivity contribution in [2.24, 2.45) is 7.05 Å². The van der Waals surface area contributed by atoms with E-state index >= 15 is 0 Å². The highest BCUT2D eigenvalue weighted by Crippen LogP contribution is 2.24. The number of aryl methyl sites for hydroxylation is 1. The molecular formula is C13H16FN3. The number of halogens is 1. The Morgan fingerprint density at radius 1 is 1.29 bits per heavy atom. The molecule has 1 fully saturated rings. The minimum atomic E-state index is -0.621. The Hall–Kier alpha value is -1.58. The molecule has 0 saturated carbocycles. The number of anilines is 1. The molecule has 3 rings (SSSR count). The van der Waals surface area contributed by atoms with E-state index in [0.717, 1.165) is 29.7 Å². The number of aromatic nitrogens is 2. The van der Waals surface area contributed by atoms with Gasteiger partial charge in [0, 0.05) is 37.4 Å². The lowest BCUT2D eigenvalue weighted by atomic mass is 10.1. The van der Waals surface area contributed by atoms with Gasteiger partial charge < -0.3 is 4.90 Å². The molecule has 0 unspecified atom stereocenters. The van der Waals surface area contributed by atoms with Crippen molar-refractivity contribution >= 4 is 16.6 Å². The van der Waals surface area contributed by atoms with E-state index in [1.807, 2.05) is 17.9 Å². The molecular weight excluding hydrogens is 217 g/mol. The monoisotopic (exact) mass is 233 g/mol. The molecule has 1 saturated heterocycles. The smallest absolute Gasteiger partial charge is 0.103 e. The number of rotatable bonds is 1. The molecule has 17 heavy (non-hydrogen) atoms. The van der Waals surface area contributed by atoms with Gasteiger partial charge in [0.1, 0.15) is 6.17 Å². The minimum absolute atomic E-state index is 0.621. The quantitative estimate of drug-likeness (QED) is 0.754. The standard InChI is InChI=1S/C13H16FN3/c1-16-9-10-2-3-12(8-13(10)15-16)17-6-4-11(14)5-7-17/h2-3,8-9,11H,4-7H2,1H3. The predicted octanol–water partition coefficient (Wildman–Crippen LogP) is 2.51. The molecule has 2 heterocycles. The summed E-state index contributed by atoms with van der Waals surface area (Å²) in [4.78, 5) is 2.24. The van der Waals surface area contributed by atoms with Crippen LogP contribution in [0.15, 0.2) is 24.4 Å². The molecule has 1 aliphatic heterocycles. The van der Waals surface area contributed by atoms with E-state index in [-0.39, 0.29) is 0 Å². The van der Waals surface area contributed by atoms with Crippen LogP contribution in [-0.4, -0.2) is 29.0 Å². The van der Waals surface area contributed by atoms with E-state index in [1.165, 1.54) is 0 Å². The largest absolute Gasteiger partial charge is 0.371 e. The van der Waals surface area contributed by atoms with E-state index < -0.39 is 6.17 Å². The Kier molecular flexibility index (Phi) is 2.50. The summed E-state index contributed by atoms with van der Waals surface area (Å²) < 4.78 is 14.9. The van der Waals surface area contributed by atoms with Gasteiger partial charge >= 0.3 is 0 Å². The Balaban J connectivity index is 1.89. The first-order valence-corrected chi connectivity index (χ1v) is 6.05. The molecule has 1 aromatic carbocycles. The van der Waals surface area contributed by atoms with Gasteiger partial charge in [0.05, 0.1) is 5.52 Å². The van der Waals surface area contributed by atoms with E-state index in [9.17, 15) is 4.39 Å². The van der Waals surface area contributed by atoms with E-state index in [0.29, 0.717) is 12.8 Å². The lowest BCUT2D eigenvalue weighted by Crippen LogP contribution is -2.34. The van der Waals surface area contributed by atoms with Crippen molar-refractivity contribution in [3.8, 4) is 0 Å². The average molecular weight is 233 g/mol. The van der Waals surface area contributed by atoms with Crippen LogP contribution in [0.1, 0.15) is 12.8 Å². The van der Waals surface area contributed by atoms with Gasteiger partial charge in [0.25, 0.3) is 0 Å². The molecule has 1 aromatic heterocycles. The van der Waals surface area contributed by atoms with E-state index in [4.69, 9.17) is 0 Å². The zero-order chi connectivity index (χ0) is 11.8. The molecule has 0 N–H and O–H groups in total. The van der Waals surface area contributed by atoms with Crippen molar-refractivity contribution in [3.63, 3.8) is 0 Å². The van der Waals surface area contributed by atoms with Gasteiger partial charge in [-0.2, -0.15) is 5.10 Å². The summed E-state index contributed by atoms with van der Waals surface area (Å²) in [5.74, 6) is 0. The number of hydrogen-bond acceptors (Lipinski definition) is 2. The first kappa shape index (κ1) is 10.6. The van der Waals surface area contributed by atoms with Crippen LogP contribution in [0.2, 0.25) is 0 Å². The molecule has 0 atom stereocenters. The molecule has 0 spiro atoms. The molecule has 1 aliphatic rings. The second-order valence-corrected chi connectivity index (χ2v) is 4.71. The van der Waals surface area contributed by atoms with Crippen molar-refractivity contribution < 1.29 is 4.39 Å². The van der Waals surface area contributed by atoms with Crippen molar-refractivity contribution in [2.45, 2.75) is 19.0 Å². The maximum absolute atomic E-state index is 13.1. The Morgan fingerprint density at radius 3 is 2.82 bits per heavy atom. The molecule has 0 aliphatic carbocycles. The van der Waals surface area contributed by atoms with E-state index in [1.54, 1.807) is 0 Å². The Morgan fingerprint density at radius 2 is 2.06 bits per heavy atom. The number of benzene rings is 1. The maximum atomic E-state index is 13.1. The van der Waals surface area contributed by atoms with Crippen LogP contribution >= 0.6 is 0 Å². The normalized spacial score (nSPS) is 17.9. The molecule has 0 amide bonds. The highest BCUT2D eigenvalue weighted by atomic mass is 19.1. The van der Waals surface area contributed by atoms with Gasteiger partial charge in [-0.05, 0) is 31.0 Å². The SMILES string of the molecule is Cn1cc2ccc(N3CCC(F)CC3)cc2n1. The summed E-state index contributed by atoms with van der Waals surface area (Å²) in [5.41, 5.74) is 2.16. The Labute approximate surface area is 99.8 Å². The highest BCUT2D eigenvalue weighted by Gasteiger charge is 2.18. The highest BCUT2D eigenvalue weighted by molar-refractivity contribution is 5.82. The molecule has 3 nitrogen and oxygen atoms in total. The van der Waals surface area contributed by atoms with Crippen molar-refractivity contribution in [1.29, 1.82) is 0 Å². The maximum Gasteiger partial charge on any atom is 0.103 e. The van der Waals surface area contributed by atoms with Crippen LogP contribution in [0.25, 0.3) is 10.9 Å². The van der Waals surface area contributed by atoms with Gasteiger partial charge in [0.2, 0.25) is 0 Å². The average Bonchev–Trinajstić information content (AvgIpc) is 2.69. The fourth-order valence-corrected chi connectivity index (χ4v) is 2.43. The van der Waals surface area contributed by atoms with Crippen molar-refractivity contribution in [1.82, 2.24) is 9.78 Å². The molecule has 4 heteroatoms. The van der Waals surface area contributed by atoms with Crippen LogP contribution in [0.5, 0.6) is 0 Å². The second-order valence-electron chi connectivity index (χ2n) is 4.71. The van der Waals surface area contributed by atoms with Gasteiger partial charge in [-0.25, -0.2) is 4.39 Å². The summed E-state index contributed by atoms with van der Waals surface area (Å²) in [6.45, 7) is 1.61. The summed E-state index contributed by atoms with van der Waals surface area (Å²) in [5, 5.41) is 5.55. The van der Waals surface area contributed by atoms with Gasteiger partial charge in [-0.1, -0.05) is 0 Å². The van der Waals surface area contributed by atoms with Crippen molar-refractivity contribution in [3.05, 3.63) is 24.4 Å². The van der Waals surface area contributed by atoms with Crippen LogP contribution in [0.4, 0.5) is 10.1 Å². The predicted molar refractivity (Wildman–Crippen MR) is 67.1 cm³/mol. The zero-order valence-electron chi connectivity index (χ0n) is 9.93. The Bertz CT molecular complexity index is 526. The first-order valence-electron chi connectivity index (χ1n) is 6.05. The molecule has 90 valence electrons. The topological polar surface area (TPSA) is 21.1 Å². The van der Waals surface area contributed by atoms with Gasteiger partial charge in [-0.15, -0.1) is 0 Å². The zero-order valence-corrected chi connectivity index (χ0v) is 9.93. The third kappa shape index (κ3) is 1.99. The molecule has 0 radical (unpaired) electrons. The fraction of sp³-hybridized carbons (Fsp3) is 0.462. The van der Waals surface area contributed by atoms with E-state index in [2.05, 4.69) is 28.2 Å². The summed E-state index contributed by atoms with van der Waals surface area (Å²) in [6.07, 6.45) is 2.66. The summed E-state index contributed by atoms with van der Waals surface area (Å²) >= 11 is 0. The van der Waals surface area contributed by atoms with Gasteiger partial charge in [-0.3, -0.25) is 4.68 Å². The summed E-state index contributed by atoms with van der Waals surface area (Å²) in [6, 6.07) is 6.27. The third-order valence-corrected chi connectivity index (χ3v) is 3.40. The second kappa shape index (κ2) is 4.02. The number of alkyl halides is 1. The number of hydrogen-bond donors (Lipinski definition) is 0. The van der Waals surface area contributed by atoms with Gasteiger partial charge in [0.15, 0.2) is 0 Å². The first-order chi connectivity index (χ1) is 8.22. The fourth-order valence-electron chi connectivity index (χ4n) is 2.43. The molecule has 2 aromatic rings. The third-order valence-electron chi connectivity index (χ3n) is 3.40. The number of nitrogens with zero attached hydrogens (tertiary/aromatic N) is 3. The van der Waals surface area contributed by atoms with Crippen LogP contribution in [0, 0.1) is 0 Å². The lowest BCUT2D eigenvalue weighted by Gasteiger charge is -2.30. The van der Waals surface area contributed by atoms with Crippen molar-refractivity contribution in [2.75, 3.05) is 18.0 Å². The number of fused-ring (bicyclic) bond motifs is 1. The van der Waals surface area contributed by atoms with Crippen LogP contribution < -0.4 is 4.90 Å². The van der Waals surface area contributed by atoms with Crippen LogP contribution in [-0.2, 0) is 7.05 Å². The number of piperidine rings is 1. The summed E-state index contributed by atoms with van der Waals surface area (Å²) in [7, 11) is 1.92. The minimum Gasteiger partial charge on any atom is -0.371 e.